The third kappa shape index (κ3) is 8.78. The van der Waals surface area contributed by atoms with Crippen molar-refractivity contribution in [1.29, 1.82) is 0 Å². The summed E-state index contributed by atoms with van der Waals surface area (Å²) >= 11 is 0. The fourth-order valence-electron chi connectivity index (χ4n) is 2.98. The summed E-state index contributed by atoms with van der Waals surface area (Å²) in [6, 6.07) is 11.6. The molecule has 8 heteroatoms. The van der Waals surface area contributed by atoms with Crippen molar-refractivity contribution >= 4 is 17.6 Å². The van der Waals surface area contributed by atoms with E-state index in [1.54, 1.807) is 30.6 Å². The highest BCUT2D eigenvalue weighted by molar-refractivity contribution is 6.85. The molecule has 0 saturated carbocycles. The Morgan fingerprint density at radius 1 is 0.935 bits per heavy atom. The number of aromatic nitrogens is 2. The number of hydrogen-bond donors (Lipinski definition) is 1. The van der Waals surface area contributed by atoms with Gasteiger partial charge in [-0.15, -0.1) is 0 Å². The van der Waals surface area contributed by atoms with E-state index in [4.69, 9.17) is 0 Å². The highest BCUT2D eigenvalue weighted by Crippen LogP contribution is 2.17. The van der Waals surface area contributed by atoms with Crippen LogP contribution in [-0.2, 0) is 0 Å². The van der Waals surface area contributed by atoms with E-state index < -0.39 is 6.18 Å². The van der Waals surface area contributed by atoms with Crippen LogP contribution in [0.25, 0.3) is 0 Å². The summed E-state index contributed by atoms with van der Waals surface area (Å²) < 4.78 is 62.5. The van der Waals surface area contributed by atoms with Gasteiger partial charge >= 0.3 is 6.18 Å². The van der Waals surface area contributed by atoms with Gasteiger partial charge in [-0.25, -0.2) is 13.8 Å². The largest absolute Gasteiger partial charge is 0.409 e. The van der Waals surface area contributed by atoms with Crippen LogP contribution in [0.3, 0.4) is 0 Å². The van der Waals surface area contributed by atoms with Crippen molar-refractivity contribution in [3.05, 3.63) is 90.5 Å². The lowest BCUT2D eigenvalue weighted by molar-refractivity contribution is -0.0800. The maximum Gasteiger partial charge on any atom is 0.409 e. The van der Waals surface area contributed by atoms with Crippen LogP contribution in [0.4, 0.5) is 22.0 Å². The molecule has 0 radical (unpaired) electrons. The van der Waals surface area contributed by atoms with E-state index in [9.17, 15) is 22.0 Å². The maximum absolute atomic E-state index is 13.1. The first-order valence-electron chi connectivity index (χ1n) is 9.89. The Balaban J connectivity index is 0.000000357. The molecule has 0 unspecified atom stereocenters. The predicted octanol–water partition coefficient (Wildman–Crippen LogP) is 5.62. The van der Waals surface area contributed by atoms with Gasteiger partial charge in [0, 0.05) is 18.0 Å². The number of nitrogens with zero attached hydrogens (tertiary/aromatic N) is 1. The van der Waals surface area contributed by atoms with Crippen LogP contribution in [0.2, 0.25) is 6.32 Å². The lowest BCUT2D eigenvalue weighted by Gasteiger charge is -2.14. The Morgan fingerprint density at radius 2 is 1.45 bits per heavy atom. The summed E-state index contributed by atoms with van der Waals surface area (Å²) in [6.45, 7) is 4.04. The molecule has 3 rings (SSSR count). The zero-order chi connectivity index (χ0) is 22.9. The number of benzene rings is 2. The highest BCUT2D eigenvalue weighted by Gasteiger charge is 2.22. The Morgan fingerprint density at radius 3 is 1.81 bits per heavy atom. The van der Waals surface area contributed by atoms with Crippen LogP contribution in [0, 0.1) is 11.6 Å². The van der Waals surface area contributed by atoms with Gasteiger partial charge in [0.2, 0.25) is 6.71 Å². The monoisotopic (exact) mass is 434 g/mol. The maximum atomic E-state index is 13.1. The first-order chi connectivity index (χ1) is 14.7. The van der Waals surface area contributed by atoms with Crippen LogP contribution >= 0.6 is 0 Å². The van der Waals surface area contributed by atoms with Gasteiger partial charge in [0.25, 0.3) is 0 Å². The van der Waals surface area contributed by atoms with Gasteiger partial charge in [0.05, 0.1) is 6.33 Å². The van der Waals surface area contributed by atoms with Crippen molar-refractivity contribution in [3.63, 3.8) is 0 Å². The summed E-state index contributed by atoms with van der Waals surface area (Å²) in [5.41, 5.74) is 2.75. The fraction of sp³-hybridized carbons (Fsp3) is 0.261. The van der Waals surface area contributed by atoms with Crippen LogP contribution in [0.1, 0.15) is 31.9 Å². The second kappa shape index (κ2) is 11.5. The van der Waals surface area contributed by atoms with Crippen molar-refractivity contribution in [2.24, 2.45) is 0 Å². The standard InChI is InChI=1S/C17H14BF5.C6H10N2/c19-15-7-3-13(4-8-15)18(12-2-1-11-17(21,22)23)14-5-9-16(20)10-6-14;1-5(2)6-3-7-4-8-6/h1,3-11H,2,12H2;3-5H,1-2H3,(H,7,8). The number of hydrogen-bond acceptors (Lipinski definition) is 1. The minimum absolute atomic E-state index is 0.207. The minimum Gasteiger partial charge on any atom is -0.348 e. The van der Waals surface area contributed by atoms with E-state index in [-0.39, 0.29) is 30.8 Å². The lowest BCUT2D eigenvalue weighted by Crippen LogP contribution is -2.41. The van der Waals surface area contributed by atoms with E-state index in [0.29, 0.717) is 12.2 Å². The molecule has 2 nitrogen and oxygen atoms in total. The molecule has 1 N–H and O–H groups in total. The van der Waals surface area contributed by atoms with E-state index in [1.165, 1.54) is 30.0 Å². The normalized spacial score (nSPS) is 11.5. The topological polar surface area (TPSA) is 28.7 Å². The van der Waals surface area contributed by atoms with Gasteiger partial charge in [0.1, 0.15) is 11.6 Å². The lowest BCUT2D eigenvalue weighted by atomic mass is 9.38. The van der Waals surface area contributed by atoms with Crippen molar-refractivity contribution in [2.75, 3.05) is 0 Å². The molecule has 0 saturated heterocycles. The molecule has 1 aromatic heterocycles. The second-order valence-electron chi connectivity index (χ2n) is 7.34. The first kappa shape index (κ1) is 24.4. The molecule has 0 spiro atoms. The van der Waals surface area contributed by atoms with E-state index in [2.05, 4.69) is 23.8 Å². The van der Waals surface area contributed by atoms with Crippen molar-refractivity contribution in [1.82, 2.24) is 9.97 Å². The first-order valence-corrected chi connectivity index (χ1v) is 9.89. The molecule has 0 amide bonds. The molecular weight excluding hydrogens is 410 g/mol. The van der Waals surface area contributed by atoms with E-state index >= 15 is 0 Å². The number of nitrogens with one attached hydrogen (secondary N) is 1. The number of rotatable bonds is 6. The third-order valence-electron chi connectivity index (χ3n) is 4.61. The smallest absolute Gasteiger partial charge is 0.348 e. The Labute approximate surface area is 179 Å². The van der Waals surface area contributed by atoms with Gasteiger partial charge in [-0.2, -0.15) is 13.2 Å². The van der Waals surface area contributed by atoms with Crippen LogP contribution in [0.5, 0.6) is 0 Å². The molecule has 0 aliphatic rings. The summed E-state index contributed by atoms with van der Waals surface area (Å²) in [5, 5.41) is 0. The van der Waals surface area contributed by atoms with Gasteiger partial charge in [-0.05, 0) is 36.6 Å². The predicted molar refractivity (Wildman–Crippen MR) is 115 cm³/mol. The van der Waals surface area contributed by atoms with Gasteiger partial charge in [-0.1, -0.05) is 61.4 Å². The number of imidazole rings is 1. The molecular formula is C23H24BF5N2. The summed E-state index contributed by atoms with van der Waals surface area (Å²) in [4.78, 5) is 6.91. The quantitative estimate of drug-likeness (QED) is 0.305. The molecule has 164 valence electrons. The Kier molecular flexibility index (Phi) is 9.03. The fourth-order valence-corrected chi connectivity index (χ4v) is 2.98. The summed E-state index contributed by atoms with van der Waals surface area (Å²) in [7, 11) is 0. The number of halogens is 5. The molecule has 3 aromatic rings. The number of H-pyrrole nitrogens is 1. The van der Waals surface area contributed by atoms with Crippen LogP contribution < -0.4 is 10.9 Å². The van der Waals surface area contributed by atoms with Crippen molar-refractivity contribution < 1.29 is 22.0 Å². The SMILES string of the molecule is CC(C)c1cnc[nH]1.Fc1ccc(B(CCC=CC(F)(F)F)c2ccc(F)cc2)cc1. The van der Waals surface area contributed by atoms with E-state index in [1.807, 2.05) is 6.20 Å². The molecule has 0 fully saturated rings. The van der Waals surface area contributed by atoms with Crippen LogP contribution in [0.15, 0.2) is 73.2 Å². The number of allylic oxidation sites excluding steroid dienone is 2. The molecule has 31 heavy (non-hydrogen) atoms. The molecule has 0 bridgehead atoms. The minimum atomic E-state index is -4.33. The second-order valence-corrected chi connectivity index (χ2v) is 7.34. The van der Waals surface area contributed by atoms with Gasteiger partial charge in [-0.3, -0.25) is 0 Å². The van der Waals surface area contributed by atoms with Crippen molar-refractivity contribution in [2.45, 2.75) is 38.7 Å². The average Bonchev–Trinajstić information content (AvgIpc) is 3.25. The molecule has 0 aliphatic heterocycles. The highest BCUT2D eigenvalue weighted by atomic mass is 19.4. The van der Waals surface area contributed by atoms with Crippen LogP contribution in [-0.4, -0.2) is 22.9 Å². The van der Waals surface area contributed by atoms with Crippen molar-refractivity contribution in [3.8, 4) is 0 Å². The molecule has 0 aliphatic carbocycles. The summed E-state index contributed by atoms with van der Waals surface area (Å²) in [5.74, 6) is -0.204. The third-order valence-corrected chi connectivity index (χ3v) is 4.61. The average molecular weight is 434 g/mol. The molecule has 2 aromatic carbocycles. The zero-order valence-electron chi connectivity index (χ0n) is 17.3. The Hall–Kier alpha value is -2.90. The zero-order valence-corrected chi connectivity index (χ0v) is 17.3. The van der Waals surface area contributed by atoms with Gasteiger partial charge < -0.3 is 4.98 Å². The van der Waals surface area contributed by atoms with Gasteiger partial charge in [0.15, 0.2) is 0 Å². The Bertz CT molecular complexity index is 873. The van der Waals surface area contributed by atoms with E-state index in [0.717, 1.165) is 17.0 Å². The number of alkyl halides is 3. The summed E-state index contributed by atoms with van der Waals surface area (Å²) in [6.07, 6.45) is 1.11. The molecule has 0 atom stereocenters. The number of aromatic amines is 1. The molecule has 1 heterocycles.